The van der Waals surface area contributed by atoms with E-state index < -0.39 is 0 Å². The third-order valence-electron chi connectivity index (χ3n) is 1.70. The number of anilines is 1. The van der Waals surface area contributed by atoms with Gasteiger partial charge in [0.2, 0.25) is 0 Å². The summed E-state index contributed by atoms with van der Waals surface area (Å²) in [7, 11) is 0. The summed E-state index contributed by atoms with van der Waals surface area (Å²) in [4.78, 5) is 0. The molecule has 0 aliphatic rings. The molecular weight excluding hydrogens is 282 g/mol. The lowest BCUT2D eigenvalue weighted by Gasteiger charge is -2.06. The molecule has 0 aliphatic carbocycles. The Morgan fingerprint density at radius 1 is 1.50 bits per heavy atom. The number of thioether (sulfide) groups is 1. The molecule has 0 aliphatic heterocycles. The van der Waals surface area contributed by atoms with Crippen LogP contribution in [0.3, 0.4) is 0 Å². The average molecular weight is 295 g/mol. The second-order valence-electron chi connectivity index (χ2n) is 2.75. The minimum absolute atomic E-state index is 0.748. The van der Waals surface area contributed by atoms with Crippen LogP contribution in [0, 0.1) is 0 Å². The zero-order valence-electron chi connectivity index (χ0n) is 8.02. The lowest BCUT2D eigenvalue weighted by atomic mass is 10.3. The van der Waals surface area contributed by atoms with Crippen LogP contribution in [0.5, 0.6) is 0 Å². The van der Waals surface area contributed by atoms with Crippen molar-refractivity contribution in [2.24, 2.45) is 0 Å². The number of halogens is 2. The molecule has 14 heavy (non-hydrogen) atoms. The van der Waals surface area contributed by atoms with Gasteiger partial charge in [0.1, 0.15) is 0 Å². The third kappa shape index (κ3) is 4.11. The van der Waals surface area contributed by atoms with Crippen LogP contribution in [0.1, 0.15) is 6.92 Å². The molecule has 0 bridgehead atoms. The third-order valence-corrected chi connectivity index (χ3v) is 3.83. The van der Waals surface area contributed by atoms with Gasteiger partial charge in [0.05, 0.1) is 5.02 Å². The second kappa shape index (κ2) is 6.59. The first-order chi connectivity index (χ1) is 6.74. The summed E-state index contributed by atoms with van der Waals surface area (Å²) >= 11 is 11.3. The van der Waals surface area contributed by atoms with E-state index in [4.69, 9.17) is 11.6 Å². The van der Waals surface area contributed by atoms with Gasteiger partial charge in [0, 0.05) is 22.5 Å². The Morgan fingerprint density at radius 3 is 2.93 bits per heavy atom. The van der Waals surface area contributed by atoms with E-state index in [0.717, 1.165) is 27.5 Å². The average Bonchev–Trinajstić information content (AvgIpc) is 2.18. The van der Waals surface area contributed by atoms with E-state index >= 15 is 0 Å². The maximum atomic E-state index is 5.96. The lowest BCUT2D eigenvalue weighted by molar-refractivity contribution is 1.22. The molecule has 0 atom stereocenters. The summed E-state index contributed by atoms with van der Waals surface area (Å²) in [6.45, 7) is 3.15. The Hall–Kier alpha value is 0.140. The van der Waals surface area contributed by atoms with Crippen molar-refractivity contribution in [2.75, 3.05) is 23.4 Å². The summed E-state index contributed by atoms with van der Waals surface area (Å²) < 4.78 is 0.938. The fraction of sp³-hybridized carbons (Fsp3) is 0.400. The molecule has 1 aromatic carbocycles. The van der Waals surface area contributed by atoms with Crippen LogP contribution >= 0.6 is 39.3 Å². The summed E-state index contributed by atoms with van der Waals surface area (Å²) in [6, 6.07) is 5.91. The van der Waals surface area contributed by atoms with Crippen LogP contribution in [0.2, 0.25) is 5.02 Å². The topological polar surface area (TPSA) is 12.0 Å². The first-order valence-corrected chi connectivity index (χ1v) is 6.83. The number of benzene rings is 1. The lowest BCUT2D eigenvalue weighted by Crippen LogP contribution is -2.03. The van der Waals surface area contributed by atoms with Crippen molar-refractivity contribution in [1.82, 2.24) is 0 Å². The van der Waals surface area contributed by atoms with Gasteiger partial charge >= 0.3 is 0 Å². The molecule has 0 unspecified atom stereocenters. The molecule has 1 nitrogen and oxygen atoms in total. The van der Waals surface area contributed by atoms with Crippen molar-refractivity contribution in [2.45, 2.75) is 6.92 Å². The van der Waals surface area contributed by atoms with Crippen LogP contribution in [0.25, 0.3) is 0 Å². The highest BCUT2D eigenvalue weighted by atomic mass is 79.9. The van der Waals surface area contributed by atoms with Gasteiger partial charge < -0.3 is 5.32 Å². The molecule has 0 saturated heterocycles. The monoisotopic (exact) mass is 293 g/mol. The molecule has 0 heterocycles. The molecule has 78 valence electrons. The van der Waals surface area contributed by atoms with E-state index in [2.05, 4.69) is 28.2 Å². The fourth-order valence-electron chi connectivity index (χ4n) is 1.02. The van der Waals surface area contributed by atoms with E-state index in [1.165, 1.54) is 5.75 Å². The maximum absolute atomic E-state index is 5.96. The molecule has 0 radical (unpaired) electrons. The van der Waals surface area contributed by atoms with Crippen molar-refractivity contribution >= 4 is 45.0 Å². The zero-order valence-corrected chi connectivity index (χ0v) is 11.2. The maximum Gasteiger partial charge on any atom is 0.0568 e. The minimum Gasteiger partial charge on any atom is -0.384 e. The SMILES string of the molecule is CCSCCNc1ccc(Br)c(Cl)c1. The number of hydrogen-bond acceptors (Lipinski definition) is 2. The second-order valence-corrected chi connectivity index (χ2v) is 5.41. The largest absolute Gasteiger partial charge is 0.384 e. The smallest absolute Gasteiger partial charge is 0.0568 e. The Kier molecular flexibility index (Phi) is 5.75. The first-order valence-electron chi connectivity index (χ1n) is 4.50. The van der Waals surface area contributed by atoms with Gasteiger partial charge in [0.15, 0.2) is 0 Å². The molecule has 4 heteroatoms. The van der Waals surface area contributed by atoms with E-state index in [0.29, 0.717) is 0 Å². The van der Waals surface area contributed by atoms with Crippen molar-refractivity contribution < 1.29 is 0 Å². The number of hydrogen-bond donors (Lipinski definition) is 1. The van der Waals surface area contributed by atoms with Crippen LogP contribution in [-0.2, 0) is 0 Å². The van der Waals surface area contributed by atoms with Crippen LogP contribution < -0.4 is 5.32 Å². The molecule has 1 N–H and O–H groups in total. The van der Waals surface area contributed by atoms with E-state index in [1.54, 1.807) is 0 Å². The highest BCUT2D eigenvalue weighted by Gasteiger charge is 1.97. The van der Waals surface area contributed by atoms with Crippen molar-refractivity contribution in [3.8, 4) is 0 Å². The summed E-state index contributed by atoms with van der Waals surface area (Å²) in [5.74, 6) is 2.30. The van der Waals surface area contributed by atoms with Gasteiger partial charge in [-0.1, -0.05) is 18.5 Å². The molecule has 1 aromatic rings. The van der Waals surface area contributed by atoms with Gasteiger partial charge in [-0.25, -0.2) is 0 Å². The molecule has 0 aromatic heterocycles. The van der Waals surface area contributed by atoms with Gasteiger partial charge in [-0.15, -0.1) is 0 Å². The highest BCUT2D eigenvalue weighted by Crippen LogP contribution is 2.25. The summed E-state index contributed by atoms with van der Waals surface area (Å²) in [5, 5.41) is 4.07. The highest BCUT2D eigenvalue weighted by molar-refractivity contribution is 9.10. The summed E-state index contributed by atoms with van der Waals surface area (Å²) in [5.41, 5.74) is 1.08. The molecule has 0 fully saturated rings. The van der Waals surface area contributed by atoms with Gasteiger partial charge in [-0.05, 0) is 39.9 Å². The number of nitrogens with one attached hydrogen (secondary N) is 1. The van der Waals surface area contributed by atoms with Crippen molar-refractivity contribution in [3.63, 3.8) is 0 Å². The van der Waals surface area contributed by atoms with Crippen LogP contribution in [-0.4, -0.2) is 18.1 Å². The van der Waals surface area contributed by atoms with Gasteiger partial charge in [0.25, 0.3) is 0 Å². The van der Waals surface area contributed by atoms with E-state index in [1.807, 2.05) is 30.0 Å². The predicted molar refractivity (Wildman–Crippen MR) is 70.6 cm³/mol. The van der Waals surface area contributed by atoms with Crippen molar-refractivity contribution in [1.29, 1.82) is 0 Å². The fourth-order valence-corrected chi connectivity index (χ4v) is 1.98. The van der Waals surface area contributed by atoms with E-state index in [9.17, 15) is 0 Å². The van der Waals surface area contributed by atoms with Gasteiger partial charge in [-0.3, -0.25) is 0 Å². The summed E-state index contributed by atoms with van der Waals surface area (Å²) in [6.07, 6.45) is 0. The molecule has 0 spiro atoms. The minimum atomic E-state index is 0.748. The Bertz CT molecular complexity index is 293. The predicted octanol–water partition coefficient (Wildman–Crippen LogP) is 4.27. The Balaban J connectivity index is 2.39. The first kappa shape index (κ1) is 12.2. The standard InChI is InChI=1S/C10H13BrClNS/c1-2-14-6-5-13-8-3-4-9(11)10(12)7-8/h3-4,7,13H,2,5-6H2,1H3. The quantitative estimate of drug-likeness (QED) is 0.814. The van der Waals surface area contributed by atoms with Gasteiger partial charge in [-0.2, -0.15) is 11.8 Å². The Morgan fingerprint density at radius 2 is 2.29 bits per heavy atom. The molecular formula is C10H13BrClNS. The normalized spacial score (nSPS) is 10.2. The van der Waals surface area contributed by atoms with E-state index in [-0.39, 0.29) is 0 Å². The van der Waals surface area contributed by atoms with Crippen LogP contribution in [0.4, 0.5) is 5.69 Å². The van der Waals surface area contributed by atoms with Crippen LogP contribution in [0.15, 0.2) is 22.7 Å². The molecule has 0 amide bonds. The molecule has 0 saturated carbocycles. The van der Waals surface area contributed by atoms with Crippen molar-refractivity contribution in [3.05, 3.63) is 27.7 Å². The number of rotatable bonds is 5. The molecule has 1 rings (SSSR count). The Labute approximate surface area is 103 Å². The zero-order chi connectivity index (χ0) is 10.4.